The Morgan fingerprint density at radius 1 is 1.19 bits per heavy atom. The fraction of sp³-hybridized carbons (Fsp3) is 0.550. The van der Waals surface area contributed by atoms with Crippen molar-refractivity contribution < 1.29 is 14.3 Å². The highest BCUT2D eigenvalue weighted by Crippen LogP contribution is 2.48. The van der Waals surface area contributed by atoms with Crippen LogP contribution in [0.5, 0.6) is 5.88 Å². The van der Waals surface area contributed by atoms with Crippen LogP contribution in [0.15, 0.2) is 23.2 Å². The molecule has 27 heavy (non-hydrogen) atoms. The summed E-state index contributed by atoms with van der Waals surface area (Å²) in [5.41, 5.74) is 1.27. The van der Waals surface area contributed by atoms with E-state index in [0.29, 0.717) is 12.3 Å². The van der Waals surface area contributed by atoms with Crippen molar-refractivity contribution in [1.29, 1.82) is 0 Å². The van der Waals surface area contributed by atoms with Gasteiger partial charge in [0, 0.05) is 4.88 Å². The molecule has 2 aliphatic carbocycles. The van der Waals surface area contributed by atoms with Gasteiger partial charge in [0.05, 0.1) is 11.6 Å². The van der Waals surface area contributed by atoms with E-state index in [1.54, 1.807) is 23.9 Å². The molecule has 3 aromatic heterocycles. The van der Waals surface area contributed by atoms with E-state index in [4.69, 9.17) is 9.15 Å². The van der Waals surface area contributed by atoms with E-state index in [1.807, 2.05) is 0 Å². The molecule has 0 aliphatic heterocycles. The van der Waals surface area contributed by atoms with Crippen LogP contribution in [0.3, 0.4) is 0 Å². The lowest BCUT2D eigenvalue weighted by atomic mass is 9.94. The second-order valence-corrected chi connectivity index (χ2v) is 8.62. The Morgan fingerprint density at radius 3 is 2.89 bits per heavy atom. The SMILES string of the molecule is OC(C[C@H]1CCc2sc3ncnc(OC4CCCCC4)c3c21)c1ncco1. The number of hydrogen-bond donors (Lipinski definition) is 1. The minimum absolute atomic E-state index is 0.246. The fourth-order valence-corrected chi connectivity index (χ4v) is 5.71. The molecule has 5 rings (SSSR count). The number of aliphatic hydroxyl groups is 1. The van der Waals surface area contributed by atoms with Crippen LogP contribution < -0.4 is 4.74 Å². The third-order valence-corrected chi connectivity index (χ3v) is 6.94. The van der Waals surface area contributed by atoms with Crippen LogP contribution in [0.4, 0.5) is 0 Å². The van der Waals surface area contributed by atoms with Gasteiger partial charge in [0.2, 0.25) is 11.8 Å². The van der Waals surface area contributed by atoms with E-state index in [1.165, 1.54) is 36.0 Å². The Bertz CT molecular complexity index is 918. The highest BCUT2D eigenvalue weighted by Gasteiger charge is 2.33. The summed E-state index contributed by atoms with van der Waals surface area (Å²) in [5, 5.41) is 11.6. The molecular formula is C20H23N3O3S. The molecule has 2 aliphatic rings. The van der Waals surface area contributed by atoms with Gasteiger partial charge in [-0.25, -0.2) is 15.0 Å². The van der Waals surface area contributed by atoms with Crippen molar-refractivity contribution in [3.8, 4) is 5.88 Å². The molecule has 1 unspecified atom stereocenters. The first-order chi connectivity index (χ1) is 13.3. The van der Waals surface area contributed by atoms with E-state index in [9.17, 15) is 5.11 Å². The van der Waals surface area contributed by atoms with Gasteiger partial charge in [-0.05, 0) is 56.4 Å². The predicted molar refractivity (Wildman–Crippen MR) is 102 cm³/mol. The predicted octanol–water partition coefficient (Wildman–Crippen LogP) is 4.54. The summed E-state index contributed by atoms with van der Waals surface area (Å²) >= 11 is 1.74. The summed E-state index contributed by atoms with van der Waals surface area (Å²) in [7, 11) is 0. The molecular weight excluding hydrogens is 362 g/mol. The first-order valence-electron chi connectivity index (χ1n) is 9.80. The van der Waals surface area contributed by atoms with Crippen molar-refractivity contribution >= 4 is 21.6 Å². The molecule has 2 atom stereocenters. The molecule has 7 heteroatoms. The summed E-state index contributed by atoms with van der Waals surface area (Å²) in [5.74, 6) is 1.36. The van der Waals surface area contributed by atoms with Gasteiger partial charge >= 0.3 is 0 Å². The van der Waals surface area contributed by atoms with Crippen LogP contribution in [-0.4, -0.2) is 26.2 Å². The van der Waals surface area contributed by atoms with Gasteiger partial charge in [0.25, 0.3) is 0 Å². The van der Waals surface area contributed by atoms with E-state index in [-0.39, 0.29) is 12.0 Å². The lowest BCUT2D eigenvalue weighted by molar-refractivity contribution is 0.125. The molecule has 0 bridgehead atoms. The van der Waals surface area contributed by atoms with Crippen molar-refractivity contribution in [3.63, 3.8) is 0 Å². The van der Waals surface area contributed by atoms with Gasteiger partial charge in [-0.2, -0.15) is 0 Å². The topological polar surface area (TPSA) is 81.3 Å². The first kappa shape index (κ1) is 17.1. The quantitative estimate of drug-likeness (QED) is 0.694. The minimum atomic E-state index is -0.696. The minimum Gasteiger partial charge on any atom is -0.474 e. The lowest BCUT2D eigenvalue weighted by Gasteiger charge is -2.23. The molecule has 0 spiro atoms. The monoisotopic (exact) mass is 385 g/mol. The van der Waals surface area contributed by atoms with Gasteiger partial charge in [0.15, 0.2) is 0 Å². The fourth-order valence-electron chi connectivity index (χ4n) is 4.48. The highest BCUT2D eigenvalue weighted by atomic mass is 32.1. The van der Waals surface area contributed by atoms with Gasteiger partial charge in [-0.1, -0.05) is 6.42 Å². The summed E-state index contributed by atoms with van der Waals surface area (Å²) in [6.45, 7) is 0. The number of thiophene rings is 1. The number of aromatic nitrogens is 3. The summed E-state index contributed by atoms with van der Waals surface area (Å²) in [4.78, 5) is 15.4. The zero-order valence-corrected chi connectivity index (χ0v) is 16.0. The Balaban J connectivity index is 1.46. The molecule has 0 saturated heterocycles. The highest BCUT2D eigenvalue weighted by molar-refractivity contribution is 7.19. The maximum atomic E-state index is 10.5. The molecule has 142 valence electrons. The van der Waals surface area contributed by atoms with E-state index >= 15 is 0 Å². The van der Waals surface area contributed by atoms with E-state index < -0.39 is 6.10 Å². The number of aliphatic hydroxyl groups excluding tert-OH is 1. The zero-order chi connectivity index (χ0) is 18.2. The van der Waals surface area contributed by atoms with Crippen molar-refractivity contribution in [3.05, 3.63) is 35.1 Å². The number of oxazole rings is 1. The molecule has 1 saturated carbocycles. The lowest BCUT2D eigenvalue weighted by Crippen LogP contribution is -2.20. The average Bonchev–Trinajstić information content (AvgIpc) is 3.40. The summed E-state index contributed by atoms with van der Waals surface area (Å²) in [6, 6.07) is 0. The average molecular weight is 385 g/mol. The van der Waals surface area contributed by atoms with E-state index in [2.05, 4.69) is 15.0 Å². The van der Waals surface area contributed by atoms with Crippen molar-refractivity contribution in [2.45, 2.75) is 69.5 Å². The molecule has 1 fully saturated rings. The summed E-state index contributed by atoms with van der Waals surface area (Å²) in [6.07, 6.45) is 12.8. The smallest absolute Gasteiger partial charge is 0.225 e. The van der Waals surface area contributed by atoms with Crippen LogP contribution in [-0.2, 0) is 6.42 Å². The van der Waals surface area contributed by atoms with Gasteiger partial charge in [0.1, 0.15) is 29.6 Å². The first-order valence-corrected chi connectivity index (χ1v) is 10.6. The molecule has 0 amide bonds. The van der Waals surface area contributed by atoms with Crippen molar-refractivity contribution in [2.75, 3.05) is 0 Å². The molecule has 0 aromatic carbocycles. The standard InChI is InChI=1S/C20H23N3O3S/c24-14(18-21-8-9-25-18)10-12-6-7-15-16(12)17-19(22-11-23-20(17)27-15)26-13-4-2-1-3-5-13/h8-9,11-14,24H,1-7,10H2/t12-,14?/m1/s1. The maximum Gasteiger partial charge on any atom is 0.225 e. The molecule has 3 aromatic rings. The molecule has 3 heterocycles. The van der Waals surface area contributed by atoms with Crippen LogP contribution >= 0.6 is 11.3 Å². The number of ether oxygens (including phenoxy) is 1. The number of rotatable bonds is 5. The third-order valence-electron chi connectivity index (χ3n) is 5.77. The number of aryl methyl sites for hydroxylation is 1. The van der Waals surface area contributed by atoms with Crippen molar-refractivity contribution in [1.82, 2.24) is 15.0 Å². The van der Waals surface area contributed by atoms with Crippen LogP contribution in [0.2, 0.25) is 0 Å². The Kier molecular flexibility index (Phi) is 4.57. The molecule has 0 radical (unpaired) electrons. The number of nitrogens with zero attached hydrogens (tertiary/aromatic N) is 3. The van der Waals surface area contributed by atoms with Crippen LogP contribution in [0, 0.1) is 0 Å². The van der Waals surface area contributed by atoms with Crippen LogP contribution in [0.1, 0.15) is 73.3 Å². The zero-order valence-electron chi connectivity index (χ0n) is 15.1. The molecule has 1 N–H and O–H groups in total. The van der Waals surface area contributed by atoms with E-state index in [0.717, 1.165) is 41.8 Å². The van der Waals surface area contributed by atoms with Gasteiger partial charge in [-0.15, -0.1) is 11.3 Å². The number of fused-ring (bicyclic) bond motifs is 3. The van der Waals surface area contributed by atoms with Gasteiger partial charge < -0.3 is 14.3 Å². The Morgan fingerprint density at radius 2 is 2.07 bits per heavy atom. The summed E-state index contributed by atoms with van der Waals surface area (Å²) < 4.78 is 11.6. The van der Waals surface area contributed by atoms with Crippen molar-refractivity contribution in [2.24, 2.45) is 0 Å². The van der Waals surface area contributed by atoms with Crippen LogP contribution in [0.25, 0.3) is 10.2 Å². The molecule has 6 nitrogen and oxygen atoms in total. The second kappa shape index (κ2) is 7.20. The largest absolute Gasteiger partial charge is 0.474 e. The van der Waals surface area contributed by atoms with Gasteiger partial charge in [-0.3, -0.25) is 0 Å². The third kappa shape index (κ3) is 3.23. The second-order valence-electron chi connectivity index (χ2n) is 7.53. The number of hydrogen-bond acceptors (Lipinski definition) is 7. The Labute approximate surface area is 161 Å². The maximum absolute atomic E-state index is 10.5. The Hall–Kier alpha value is -1.99. The normalized spacial score (nSPS) is 21.4.